The van der Waals surface area contributed by atoms with E-state index in [4.69, 9.17) is 5.73 Å². The molecule has 2 heterocycles. The summed E-state index contributed by atoms with van der Waals surface area (Å²) in [6.45, 7) is -0.0429. The van der Waals surface area contributed by atoms with Crippen LogP contribution in [0.15, 0.2) is 60.1 Å². The number of anilines is 3. The Balaban J connectivity index is 1.50. The van der Waals surface area contributed by atoms with Gasteiger partial charge in [-0.25, -0.2) is 22.9 Å². The smallest absolute Gasteiger partial charge is 0.383 e. The summed E-state index contributed by atoms with van der Waals surface area (Å²) < 4.78 is 64.2. The molecule has 2 aromatic heterocycles. The number of nitrogens with zero attached hydrogens (tertiary/aromatic N) is 1. The van der Waals surface area contributed by atoms with Crippen LogP contribution in [0, 0.1) is 11.8 Å². The molecule has 0 unspecified atom stereocenters. The highest BCUT2D eigenvalue weighted by Gasteiger charge is 2.30. The minimum Gasteiger partial charge on any atom is -0.383 e. The zero-order chi connectivity index (χ0) is 27.5. The number of aromatic nitrogens is 1. The number of pyridine rings is 1. The normalized spacial score (nSPS) is 11.6. The molecule has 4 rings (SSSR count). The molecule has 38 heavy (non-hydrogen) atoms. The number of carbonyl (C=O) groups excluding carboxylic acids is 1. The second-order valence-corrected chi connectivity index (χ2v) is 10.8. The number of nitrogen functional groups attached to an aromatic ring is 1. The third kappa shape index (κ3) is 6.60. The van der Waals surface area contributed by atoms with E-state index in [-0.39, 0.29) is 12.2 Å². The van der Waals surface area contributed by atoms with Crippen molar-refractivity contribution in [2.75, 3.05) is 29.2 Å². The van der Waals surface area contributed by atoms with Crippen LogP contribution in [0.1, 0.15) is 11.1 Å². The van der Waals surface area contributed by atoms with Crippen LogP contribution in [-0.4, -0.2) is 32.2 Å². The lowest BCUT2D eigenvalue weighted by atomic mass is 10.0. The number of urea groups is 1. The van der Waals surface area contributed by atoms with Crippen LogP contribution in [0.25, 0.3) is 21.2 Å². The number of sulfonamides is 1. The lowest BCUT2D eigenvalue weighted by Crippen LogP contribution is -2.21. The first kappa shape index (κ1) is 26.9. The minimum absolute atomic E-state index is 0.00710. The third-order valence-corrected chi connectivity index (χ3v) is 6.85. The van der Waals surface area contributed by atoms with Crippen molar-refractivity contribution >= 4 is 54.7 Å². The van der Waals surface area contributed by atoms with E-state index < -0.39 is 27.8 Å². The molecule has 2 aromatic carbocycles. The molecule has 4 aromatic rings. The Morgan fingerprint density at radius 1 is 1.11 bits per heavy atom. The number of benzene rings is 2. The molecule has 0 radical (unpaired) electrons. The number of halogens is 3. The van der Waals surface area contributed by atoms with Crippen LogP contribution >= 0.6 is 11.3 Å². The summed E-state index contributed by atoms with van der Waals surface area (Å²) in [5.74, 6) is 5.97. The number of nitrogens with two attached hydrogens (primary N) is 1. The van der Waals surface area contributed by atoms with Crippen LogP contribution in [-0.2, 0) is 16.2 Å². The molecule has 196 valence electrons. The summed E-state index contributed by atoms with van der Waals surface area (Å²) in [7, 11) is -3.35. The molecule has 0 bridgehead atoms. The molecule has 0 saturated carbocycles. The number of amides is 2. The molecule has 0 atom stereocenters. The number of carbonyl (C=O) groups is 1. The van der Waals surface area contributed by atoms with E-state index in [9.17, 15) is 26.4 Å². The summed E-state index contributed by atoms with van der Waals surface area (Å²) in [6, 6.07) is 10.5. The van der Waals surface area contributed by atoms with Gasteiger partial charge in [-0.2, -0.15) is 13.2 Å². The molecular weight excluding hydrogens is 539 g/mol. The van der Waals surface area contributed by atoms with Crippen LogP contribution in [0.4, 0.5) is 35.2 Å². The number of hydrogen-bond acceptors (Lipinski definition) is 6. The fraction of sp³-hybridized carbons (Fsp3) is 0.120. The molecule has 0 aliphatic carbocycles. The molecule has 0 aliphatic heterocycles. The molecule has 0 aliphatic rings. The van der Waals surface area contributed by atoms with Gasteiger partial charge in [0.15, 0.2) is 0 Å². The highest BCUT2D eigenvalue weighted by atomic mass is 32.2. The second-order valence-electron chi connectivity index (χ2n) is 8.04. The molecule has 8 nitrogen and oxygen atoms in total. The zero-order valence-electron chi connectivity index (χ0n) is 19.7. The molecule has 0 fully saturated rings. The summed E-state index contributed by atoms with van der Waals surface area (Å²) in [5, 5.41) is 7.56. The van der Waals surface area contributed by atoms with Gasteiger partial charge in [0.05, 0.1) is 28.6 Å². The van der Waals surface area contributed by atoms with Crippen molar-refractivity contribution in [3.05, 3.63) is 71.2 Å². The van der Waals surface area contributed by atoms with Gasteiger partial charge >= 0.3 is 12.2 Å². The van der Waals surface area contributed by atoms with Gasteiger partial charge in [-0.05, 0) is 41.3 Å². The van der Waals surface area contributed by atoms with Crippen LogP contribution < -0.4 is 21.1 Å². The molecule has 0 saturated heterocycles. The van der Waals surface area contributed by atoms with E-state index in [2.05, 4.69) is 32.2 Å². The van der Waals surface area contributed by atoms with Crippen molar-refractivity contribution < 1.29 is 26.4 Å². The van der Waals surface area contributed by atoms with Gasteiger partial charge in [0.1, 0.15) is 5.82 Å². The number of thiophene rings is 1. The van der Waals surface area contributed by atoms with Crippen molar-refractivity contribution in [3.63, 3.8) is 0 Å². The van der Waals surface area contributed by atoms with Crippen LogP contribution in [0.2, 0.25) is 0 Å². The van der Waals surface area contributed by atoms with E-state index in [0.717, 1.165) is 34.2 Å². The monoisotopic (exact) mass is 559 g/mol. The molecule has 5 N–H and O–H groups in total. The van der Waals surface area contributed by atoms with Crippen LogP contribution in [0.5, 0.6) is 0 Å². The van der Waals surface area contributed by atoms with E-state index >= 15 is 0 Å². The maximum atomic E-state index is 12.9. The standard InChI is InChI=1S/C25H20F3N5O3S2/c1-38(35,36)31-11-3-4-16-13-30-23(29)21-20(14-37-22(16)21)15-7-9-18(10-8-15)32-24(34)33-19-6-2-5-17(12-19)25(26,27)28/h2,5-10,12-14,31H,11H2,1H3,(H2,29,30)(H2,32,33,34). The molecule has 13 heteroatoms. The SMILES string of the molecule is CS(=O)(=O)NCC#Cc1cnc(N)c2c(-c3ccc(NC(=O)Nc4cccc(C(F)(F)F)c4)cc3)csc12. The predicted octanol–water partition coefficient (Wildman–Crippen LogP) is 5.11. The summed E-state index contributed by atoms with van der Waals surface area (Å²) in [6.07, 6.45) is -1.94. The molecule has 2 amide bonds. The Morgan fingerprint density at radius 3 is 2.50 bits per heavy atom. The lowest BCUT2D eigenvalue weighted by molar-refractivity contribution is -0.137. The first-order chi connectivity index (χ1) is 17.9. The maximum Gasteiger partial charge on any atom is 0.416 e. The third-order valence-electron chi connectivity index (χ3n) is 5.17. The average molecular weight is 560 g/mol. The van der Waals surface area contributed by atoms with Gasteiger partial charge in [0.2, 0.25) is 10.0 Å². The lowest BCUT2D eigenvalue weighted by Gasteiger charge is -2.11. The highest BCUT2D eigenvalue weighted by molar-refractivity contribution is 7.88. The summed E-state index contributed by atoms with van der Waals surface area (Å²) in [5.41, 5.74) is 7.90. The second kappa shape index (κ2) is 10.7. The summed E-state index contributed by atoms with van der Waals surface area (Å²) in [4.78, 5) is 16.5. The van der Waals surface area contributed by atoms with Gasteiger partial charge in [-0.15, -0.1) is 11.3 Å². The number of rotatable bonds is 5. The quantitative estimate of drug-likeness (QED) is 0.253. The van der Waals surface area contributed by atoms with Gasteiger partial charge in [0, 0.05) is 28.5 Å². The number of fused-ring (bicyclic) bond motifs is 1. The van der Waals surface area contributed by atoms with Crippen molar-refractivity contribution in [1.29, 1.82) is 0 Å². The first-order valence-electron chi connectivity index (χ1n) is 10.9. The highest BCUT2D eigenvalue weighted by Crippen LogP contribution is 2.38. The Labute approximate surface area is 220 Å². The summed E-state index contributed by atoms with van der Waals surface area (Å²) >= 11 is 1.41. The molecule has 0 spiro atoms. The Bertz CT molecular complexity index is 1670. The average Bonchev–Trinajstić information content (AvgIpc) is 3.29. The van der Waals surface area contributed by atoms with Crippen molar-refractivity contribution in [1.82, 2.24) is 9.71 Å². The van der Waals surface area contributed by atoms with Gasteiger partial charge in [-0.1, -0.05) is 30.0 Å². The zero-order valence-corrected chi connectivity index (χ0v) is 21.3. The van der Waals surface area contributed by atoms with E-state index in [1.54, 1.807) is 24.3 Å². The minimum atomic E-state index is -4.52. The fourth-order valence-electron chi connectivity index (χ4n) is 3.48. The Morgan fingerprint density at radius 2 is 1.82 bits per heavy atom. The number of alkyl halides is 3. The van der Waals surface area contributed by atoms with Gasteiger partial charge in [0.25, 0.3) is 0 Å². The number of nitrogens with one attached hydrogen (secondary N) is 3. The van der Waals surface area contributed by atoms with Gasteiger partial charge in [-0.3, -0.25) is 0 Å². The van der Waals surface area contributed by atoms with Crippen molar-refractivity contribution in [2.24, 2.45) is 0 Å². The first-order valence-corrected chi connectivity index (χ1v) is 13.6. The van der Waals surface area contributed by atoms with E-state index in [1.807, 2.05) is 5.38 Å². The van der Waals surface area contributed by atoms with E-state index in [1.165, 1.54) is 29.7 Å². The van der Waals surface area contributed by atoms with Gasteiger partial charge < -0.3 is 16.4 Å². The topological polar surface area (TPSA) is 126 Å². The Kier molecular flexibility index (Phi) is 7.58. The fourth-order valence-corrected chi connectivity index (χ4v) is 4.86. The molecular formula is C25H20F3N5O3S2. The largest absolute Gasteiger partial charge is 0.416 e. The van der Waals surface area contributed by atoms with Crippen LogP contribution in [0.3, 0.4) is 0 Å². The number of hydrogen-bond donors (Lipinski definition) is 4. The van der Waals surface area contributed by atoms with Crippen molar-refractivity contribution in [3.8, 4) is 23.0 Å². The predicted molar refractivity (Wildman–Crippen MR) is 143 cm³/mol. The van der Waals surface area contributed by atoms with Crippen molar-refractivity contribution in [2.45, 2.75) is 6.18 Å². The Hall–Kier alpha value is -4.12. The maximum absolute atomic E-state index is 12.9. The van der Waals surface area contributed by atoms with E-state index in [0.29, 0.717) is 22.5 Å².